The van der Waals surface area contributed by atoms with Gasteiger partial charge in [0.15, 0.2) is 0 Å². The van der Waals surface area contributed by atoms with Crippen molar-refractivity contribution in [3.05, 3.63) is 77.5 Å². The van der Waals surface area contributed by atoms with Gasteiger partial charge in [-0.3, -0.25) is 0 Å². The molecule has 0 aliphatic heterocycles. The van der Waals surface area contributed by atoms with Crippen molar-refractivity contribution in [2.24, 2.45) is 0 Å². The highest BCUT2D eigenvalue weighted by Crippen LogP contribution is 2.26. The van der Waals surface area contributed by atoms with E-state index in [9.17, 15) is 9.90 Å². The standard InChI is InChI=1S/C20H18N2O2/c1-14-8-9-16(12-15(14)2)20-17(10-11-19(23)24)13-22(21-20)18-6-4-3-5-7-18/h3-13H,1-2H3,(H,23,24)/p-1/b11-10+. The lowest BCUT2D eigenvalue weighted by Gasteiger charge is -2.04. The number of carbonyl (C=O) groups excluding carboxylic acids is 1. The Morgan fingerprint density at radius 2 is 1.83 bits per heavy atom. The number of para-hydroxylation sites is 1. The molecule has 2 aromatic carbocycles. The van der Waals surface area contributed by atoms with Crippen molar-refractivity contribution in [2.45, 2.75) is 13.8 Å². The first-order valence-corrected chi connectivity index (χ1v) is 7.66. The van der Waals surface area contributed by atoms with Crippen LogP contribution in [0.5, 0.6) is 0 Å². The number of benzene rings is 2. The van der Waals surface area contributed by atoms with Crippen LogP contribution < -0.4 is 5.11 Å². The van der Waals surface area contributed by atoms with Crippen LogP contribution in [0.2, 0.25) is 0 Å². The molecule has 120 valence electrons. The summed E-state index contributed by atoms with van der Waals surface area (Å²) in [5, 5.41) is 15.4. The molecule has 1 heterocycles. The van der Waals surface area contributed by atoms with Crippen molar-refractivity contribution < 1.29 is 9.90 Å². The summed E-state index contributed by atoms with van der Waals surface area (Å²) in [6, 6.07) is 15.8. The fraction of sp³-hybridized carbons (Fsp3) is 0.100. The second-order valence-electron chi connectivity index (χ2n) is 5.66. The first kappa shape index (κ1) is 15.7. The maximum absolute atomic E-state index is 10.8. The quantitative estimate of drug-likeness (QED) is 0.695. The lowest BCUT2D eigenvalue weighted by atomic mass is 10.0. The first-order valence-electron chi connectivity index (χ1n) is 7.66. The van der Waals surface area contributed by atoms with E-state index < -0.39 is 5.97 Å². The van der Waals surface area contributed by atoms with E-state index in [1.165, 1.54) is 11.6 Å². The van der Waals surface area contributed by atoms with Crippen LogP contribution in [0.3, 0.4) is 0 Å². The third-order valence-corrected chi connectivity index (χ3v) is 3.94. The van der Waals surface area contributed by atoms with Crippen LogP contribution in [0.25, 0.3) is 23.0 Å². The molecular formula is C20H17N2O2-. The third-order valence-electron chi connectivity index (χ3n) is 3.94. The molecule has 24 heavy (non-hydrogen) atoms. The van der Waals surface area contributed by atoms with Gasteiger partial charge in [-0.25, -0.2) is 4.68 Å². The van der Waals surface area contributed by atoms with E-state index in [-0.39, 0.29) is 0 Å². The van der Waals surface area contributed by atoms with Crippen LogP contribution in [0.15, 0.2) is 60.8 Å². The maximum atomic E-state index is 10.8. The number of carbonyl (C=O) groups is 1. The highest BCUT2D eigenvalue weighted by molar-refractivity contribution is 5.86. The molecule has 3 aromatic rings. The van der Waals surface area contributed by atoms with Gasteiger partial charge in [0, 0.05) is 17.3 Å². The Morgan fingerprint density at radius 3 is 2.50 bits per heavy atom. The molecule has 0 saturated carbocycles. The van der Waals surface area contributed by atoms with Crippen molar-refractivity contribution in [3.8, 4) is 16.9 Å². The molecule has 0 saturated heterocycles. The second kappa shape index (κ2) is 6.54. The Labute approximate surface area is 140 Å². The highest BCUT2D eigenvalue weighted by atomic mass is 16.4. The maximum Gasteiger partial charge on any atom is 0.1000 e. The van der Waals surface area contributed by atoms with Crippen molar-refractivity contribution in [1.29, 1.82) is 0 Å². The summed E-state index contributed by atoms with van der Waals surface area (Å²) < 4.78 is 1.75. The third kappa shape index (κ3) is 3.27. The molecule has 0 N–H and O–H groups in total. The van der Waals surface area contributed by atoms with Gasteiger partial charge in [-0.05, 0) is 55.3 Å². The Balaban J connectivity index is 2.13. The minimum Gasteiger partial charge on any atom is -0.545 e. The molecule has 4 nitrogen and oxygen atoms in total. The molecule has 0 bridgehead atoms. The highest BCUT2D eigenvalue weighted by Gasteiger charge is 2.11. The Bertz CT molecular complexity index is 909. The van der Waals surface area contributed by atoms with Crippen molar-refractivity contribution in [2.75, 3.05) is 0 Å². The van der Waals surface area contributed by atoms with Gasteiger partial charge in [-0.15, -0.1) is 0 Å². The van der Waals surface area contributed by atoms with E-state index in [1.807, 2.05) is 55.6 Å². The molecule has 1 aromatic heterocycles. The number of hydrogen-bond acceptors (Lipinski definition) is 3. The lowest BCUT2D eigenvalue weighted by Crippen LogP contribution is -2.18. The molecule has 4 heteroatoms. The molecule has 0 radical (unpaired) electrons. The van der Waals surface area contributed by atoms with Gasteiger partial charge in [-0.1, -0.05) is 30.3 Å². The molecule has 0 atom stereocenters. The molecular weight excluding hydrogens is 300 g/mol. The Kier molecular flexibility index (Phi) is 4.29. The van der Waals surface area contributed by atoms with Crippen molar-refractivity contribution >= 4 is 12.0 Å². The number of carboxylic acids is 1. The van der Waals surface area contributed by atoms with Crippen LogP contribution in [-0.4, -0.2) is 15.7 Å². The largest absolute Gasteiger partial charge is 0.545 e. The smallest absolute Gasteiger partial charge is 0.1000 e. The normalized spacial score (nSPS) is 11.1. The summed E-state index contributed by atoms with van der Waals surface area (Å²) in [6.07, 6.45) is 4.36. The molecule has 0 spiro atoms. The number of carboxylic acid groups (broad SMARTS) is 1. The Hall–Kier alpha value is -3.14. The molecule has 0 fully saturated rings. The lowest BCUT2D eigenvalue weighted by molar-refractivity contribution is -0.297. The molecule has 0 aliphatic carbocycles. The molecule has 3 rings (SSSR count). The number of aromatic nitrogens is 2. The molecule has 0 amide bonds. The van der Waals surface area contributed by atoms with Crippen LogP contribution in [0.4, 0.5) is 0 Å². The van der Waals surface area contributed by atoms with Crippen LogP contribution >= 0.6 is 0 Å². The van der Waals surface area contributed by atoms with Gasteiger partial charge in [0.2, 0.25) is 0 Å². The first-order chi connectivity index (χ1) is 11.5. The van der Waals surface area contributed by atoms with E-state index in [0.717, 1.165) is 34.1 Å². The van der Waals surface area contributed by atoms with Crippen LogP contribution in [0.1, 0.15) is 16.7 Å². The SMILES string of the molecule is Cc1ccc(-c2nn(-c3ccccc3)cc2/C=C/C(=O)[O-])cc1C. The second-order valence-corrected chi connectivity index (χ2v) is 5.66. The summed E-state index contributed by atoms with van der Waals surface area (Å²) in [5.74, 6) is -1.23. The summed E-state index contributed by atoms with van der Waals surface area (Å²) in [7, 11) is 0. The van der Waals surface area contributed by atoms with E-state index in [4.69, 9.17) is 0 Å². The van der Waals surface area contributed by atoms with Gasteiger partial charge in [0.1, 0.15) is 0 Å². The van der Waals surface area contributed by atoms with E-state index in [1.54, 1.807) is 4.68 Å². The summed E-state index contributed by atoms with van der Waals surface area (Å²) in [5.41, 5.74) is 5.69. The van der Waals surface area contributed by atoms with E-state index in [0.29, 0.717) is 0 Å². The number of hydrogen-bond donors (Lipinski definition) is 0. The van der Waals surface area contributed by atoms with Crippen molar-refractivity contribution in [1.82, 2.24) is 9.78 Å². The molecule has 0 unspecified atom stereocenters. The fourth-order valence-corrected chi connectivity index (χ4v) is 2.49. The van der Waals surface area contributed by atoms with Crippen LogP contribution in [0, 0.1) is 13.8 Å². The van der Waals surface area contributed by atoms with Gasteiger partial charge in [-0.2, -0.15) is 5.10 Å². The van der Waals surface area contributed by atoms with Gasteiger partial charge in [0.25, 0.3) is 0 Å². The topological polar surface area (TPSA) is 58.0 Å². The fourth-order valence-electron chi connectivity index (χ4n) is 2.49. The number of aliphatic carboxylic acids is 1. The predicted molar refractivity (Wildman–Crippen MR) is 92.5 cm³/mol. The van der Waals surface area contributed by atoms with E-state index >= 15 is 0 Å². The average Bonchev–Trinajstić information content (AvgIpc) is 3.00. The zero-order chi connectivity index (χ0) is 17.1. The minimum absolute atomic E-state index is 0.728. The predicted octanol–water partition coefficient (Wildman–Crippen LogP) is 2.92. The summed E-state index contributed by atoms with van der Waals surface area (Å²) in [6.45, 7) is 4.10. The molecule has 0 aliphatic rings. The van der Waals surface area contributed by atoms with Crippen molar-refractivity contribution in [3.63, 3.8) is 0 Å². The Morgan fingerprint density at radius 1 is 1.08 bits per heavy atom. The zero-order valence-electron chi connectivity index (χ0n) is 13.6. The summed E-state index contributed by atoms with van der Waals surface area (Å²) >= 11 is 0. The van der Waals surface area contributed by atoms with Gasteiger partial charge in [0.05, 0.1) is 17.4 Å². The number of nitrogens with zero attached hydrogens (tertiary/aromatic N) is 2. The monoisotopic (exact) mass is 317 g/mol. The number of rotatable bonds is 4. The van der Waals surface area contributed by atoms with Gasteiger partial charge >= 0.3 is 0 Å². The minimum atomic E-state index is -1.23. The zero-order valence-corrected chi connectivity index (χ0v) is 13.6. The van der Waals surface area contributed by atoms with Gasteiger partial charge < -0.3 is 9.90 Å². The van der Waals surface area contributed by atoms with Crippen LogP contribution in [-0.2, 0) is 4.79 Å². The summed E-state index contributed by atoms with van der Waals surface area (Å²) in [4.78, 5) is 10.8. The number of aryl methyl sites for hydroxylation is 2. The van der Waals surface area contributed by atoms with E-state index in [2.05, 4.69) is 18.1 Å². The average molecular weight is 317 g/mol.